The maximum absolute atomic E-state index is 13.9. The predicted octanol–water partition coefficient (Wildman–Crippen LogP) is 3.61. The predicted molar refractivity (Wildman–Crippen MR) is 77.8 cm³/mol. The lowest BCUT2D eigenvalue weighted by Crippen LogP contribution is -2.18. The fourth-order valence-electron chi connectivity index (χ4n) is 2.39. The number of benzene rings is 2. The Kier molecular flexibility index (Phi) is 3.14. The van der Waals surface area contributed by atoms with Gasteiger partial charge in [-0.05, 0) is 31.2 Å². The molecule has 4 heteroatoms. The molecule has 2 aromatic carbocycles. The molecule has 0 radical (unpaired) electrons. The molecule has 0 spiro atoms. The standard InChI is InChI=1S/C16H15FN2O/c1-11-5-7-12(8-6-11)19-10-9-15(20)18-16-13(17)3-2-4-14(16)19/h2-8H,9-10H2,1H3,(H,18,20). The molecular formula is C16H15FN2O. The van der Waals surface area contributed by atoms with Crippen LogP contribution in [0.25, 0.3) is 0 Å². The summed E-state index contributed by atoms with van der Waals surface area (Å²) in [7, 11) is 0. The number of carbonyl (C=O) groups excluding carboxylic acids is 1. The van der Waals surface area contributed by atoms with Crippen LogP contribution in [0.5, 0.6) is 0 Å². The smallest absolute Gasteiger partial charge is 0.226 e. The highest BCUT2D eigenvalue weighted by molar-refractivity contribution is 5.97. The first-order valence-electron chi connectivity index (χ1n) is 6.58. The summed E-state index contributed by atoms with van der Waals surface area (Å²) in [6.45, 7) is 2.55. The van der Waals surface area contributed by atoms with Gasteiger partial charge in [0.15, 0.2) is 0 Å². The van der Waals surface area contributed by atoms with E-state index in [0.29, 0.717) is 18.7 Å². The molecule has 1 aliphatic heterocycles. The topological polar surface area (TPSA) is 32.3 Å². The SMILES string of the molecule is Cc1ccc(N2CCC(=O)Nc3c(F)cccc32)cc1. The Balaban J connectivity index is 2.10. The number of fused-ring (bicyclic) bond motifs is 1. The number of amides is 1. The van der Waals surface area contributed by atoms with Gasteiger partial charge < -0.3 is 10.2 Å². The van der Waals surface area contributed by atoms with E-state index in [-0.39, 0.29) is 11.6 Å². The maximum Gasteiger partial charge on any atom is 0.226 e. The Hall–Kier alpha value is -2.36. The van der Waals surface area contributed by atoms with Gasteiger partial charge in [0.25, 0.3) is 0 Å². The summed E-state index contributed by atoms with van der Waals surface area (Å²) >= 11 is 0. The molecule has 0 atom stereocenters. The third-order valence-electron chi connectivity index (χ3n) is 3.45. The third kappa shape index (κ3) is 2.25. The molecule has 0 bridgehead atoms. The first-order chi connectivity index (χ1) is 9.65. The van der Waals surface area contributed by atoms with Gasteiger partial charge in [0, 0.05) is 18.7 Å². The Morgan fingerprint density at radius 3 is 2.65 bits per heavy atom. The summed E-state index contributed by atoms with van der Waals surface area (Å²) in [5.41, 5.74) is 3.08. The van der Waals surface area contributed by atoms with Crippen molar-refractivity contribution < 1.29 is 9.18 Å². The number of rotatable bonds is 1. The van der Waals surface area contributed by atoms with Gasteiger partial charge >= 0.3 is 0 Å². The molecule has 1 heterocycles. The van der Waals surface area contributed by atoms with Crippen LogP contribution in [0.4, 0.5) is 21.5 Å². The molecule has 0 saturated carbocycles. The minimum absolute atomic E-state index is 0.161. The van der Waals surface area contributed by atoms with E-state index < -0.39 is 5.82 Å². The lowest BCUT2D eigenvalue weighted by Gasteiger charge is -2.24. The van der Waals surface area contributed by atoms with Gasteiger partial charge in [-0.2, -0.15) is 0 Å². The highest BCUT2D eigenvalue weighted by Crippen LogP contribution is 2.36. The van der Waals surface area contributed by atoms with Crippen molar-refractivity contribution >= 4 is 23.0 Å². The number of halogens is 1. The second kappa shape index (κ2) is 4.96. The molecule has 1 amide bonds. The molecule has 0 aromatic heterocycles. The molecule has 1 N–H and O–H groups in total. The molecule has 0 unspecified atom stereocenters. The van der Waals surface area contributed by atoms with Crippen molar-refractivity contribution in [3.63, 3.8) is 0 Å². The average Bonchev–Trinajstić information content (AvgIpc) is 2.60. The Morgan fingerprint density at radius 2 is 1.90 bits per heavy atom. The highest BCUT2D eigenvalue weighted by Gasteiger charge is 2.22. The summed E-state index contributed by atoms with van der Waals surface area (Å²) in [5.74, 6) is -0.569. The second-order valence-corrected chi connectivity index (χ2v) is 4.92. The zero-order chi connectivity index (χ0) is 14.1. The molecule has 1 aliphatic rings. The van der Waals surface area contributed by atoms with Crippen molar-refractivity contribution in [1.82, 2.24) is 0 Å². The van der Waals surface area contributed by atoms with Crippen LogP contribution in [0.15, 0.2) is 42.5 Å². The van der Waals surface area contributed by atoms with Crippen molar-refractivity contribution in [2.75, 3.05) is 16.8 Å². The zero-order valence-corrected chi connectivity index (χ0v) is 11.2. The lowest BCUT2D eigenvalue weighted by molar-refractivity contribution is -0.115. The van der Waals surface area contributed by atoms with Gasteiger partial charge in [0.1, 0.15) is 11.5 Å². The first-order valence-corrected chi connectivity index (χ1v) is 6.58. The molecule has 20 heavy (non-hydrogen) atoms. The van der Waals surface area contributed by atoms with E-state index in [1.165, 1.54) is 6.07 Å². The van der Waals surface area contributed by atoms with Crippen molar-refractivity contribution in [3.05, 3.63) is 53.8 Å². The van der Waals surface area contributed by atoms with Gasteiger partial charge in [-0.3, -0.25) is 4.79 Å². The number of anilines is 3. The molecule has 3 rings (SSSR count). The van der Waals surface area contributed by atoms with E-state index in [4.69, 9.17) is 0 Å². The van der Waals surface area contributed by atoms with E-state index >= 15 is 0 Å². The van der Waals surface area contributed by atoms with Gasteiger partial charge in [0.2, 0.25) is 5.91 Å². The van der Waals surface area contributed by atoms with E-state index in [2.05, 4.69) is 5.32 Å². The minimum Gasteiger partial charge on any atom is -0.339 e. The molecule has 0 aliphatic carbocycles. The number of carbonyl (C=O) groups is 1. The van der Waals surface area contributed by atoms with Crippen LogP contribution in [0.3, 0.4) is 0 Å². The van der Waals surface area contributed by atoms with Crippen LogP contribution in [0.1, 0.15) is 12.0 Å². The monoisotopic (exact) mass is 270 g/mol. The molecule has 102 valence electrons. The second-order valence-electron chi connectivity index (χ2n) is 4.92. The number of nitrogens with one attached hydrogen (secondary N) is 1. The van der Waals surface area contributed by atoms with Crippen molar-refractivity contribution in [3.8, 4) is 0 Å². The minimum atomic E-state index is -0.408. The molecule has 2 aromatic rings. The van der Waals surface area contributed by atoms with Gasteiger partial charge in [-0.1, -0.05) is 23.8 Å². The van der Waals surface area contributed by atoms with Crippen LogP contribution in [-0.4, -0.2) is 12.5 Å². The number of hydrogen-bond acceptors (Lipinski definition) is 2. The quantitative estimate of drug-likeness (QED) is 0.858. The van der Waals surface area contributed by atoms with E-state index in [0.717, 1.165) is 11.3 Å². The van der Waals surface area contributed by atoms with Crippen molar-refractivity contribution in [2.45, 2.75) is 13.3 Å². The highest BCUT2D eigenvalue weighted by atomic mass is 19.1. The van der Waals surface area contributed by atoms with Crippen molar-refractivity contribution in [2.24, 2.45) is 0 Å². The lowest BCUT2D eigenvalue weighted by atomic mass is 10.1. The third-order valence-corrected chi connectivity index (χ3v) is 3.45. The van der Waals surface area contributed by atoms with Gasteiger partial charge in [0.05, 0.1) is 5.69 Å². The number of nitrogens with zero attached hydrogens (tertiary/aromatic N) is 1. The van der Waals surface area contributed by atoms with Gasteiger partial charge in [-0.25, -0.2) is 4.39 Å². The average molecular weight is 270 g/mol. The van der Waals surface area contributed by atoms with E-state index in [1.807, 2.05) is 42.2 Å². The van der Waals surface area contributed by atoms with Crippen LogP contribution in [0.2, 0.25) is 0 Å². The normalized spacial score (nSPS) is 14.5. The summed E-state index contributed by atoms with van der Waals surface area (Å²) < 4.78 is 13.9. The van der Waals surface area contributed by atoms with E-state index in [9.17, 15) is 9.18 Å². The number of para-hydroxylation sites is 1. The molecule has 3 nitrogen and oxygen atoms in total. The maximum atomic E-state index is 13.9. The molecule has 0 saturated heterocycles. The molecule has 0 fully saturated rings. The Labute approximate surface area is 117 Å². The largest absolute Gasteiger partial charge is 0.339 e. The summed E-state index contributed by atoms with van der Waals surface area (Å²) in [4.78, 5) is 13.7. The fourth-order valence-corrected chi connectivity index (χ4v) is 2.39. The van der Waals surface area contributed by atoms with Gasteiger partial charge in [-0.15, -0.1) is 0 Å². The Bertz CT molecular complexity index is 652. The number of hydrogen-bond donors (Lipinski definition) is 1. The zero-order valence-electron chi connectivity index (χ0n) is 11.2. The van der Waals surface area contributed by atoms with Crippen LogP contribution in [0, 0.1) is 12.7 Å². The fraction of sp³-hybridized carbons (Fsp3) is 0.188. The summed E-state index contributed by atoms with van der Waals surface area (Å²) in [5, 5.41) is 2.65. The van der Waals surface area contributed by atoms with Crippen molar-refractivity contribution in [1.29, 1.82) is 0 Å². The summed E-state index contributed by atoms with van der Waals surface area (Å²) in [6, 6.07) is 12.8. The van der Waals surface area contributed by atoms with Crippen LogP contribution >= 0.6 is 0 Å². The first kappa shape index (κ1) is 12.7. The summed E-state index contributed by atoms with van der Waals surface area (Å²) in [6.07, 6.45) is 0.335. The Morgan fingerprint density at radius 1 is 1.15 bits per heavy atom. The van der Waals surface area contributed by atoms with Crippen LogP contribution < -0.4 is 10.2 Å². The van der Waals surface area contributed by atoms with E-state index in [1.54, 1.807) is 6.07 Å². The molecular weight excluding hydrogens is 255 g/mol. The number of aryl methyl sites for hydroxylation is 1. The van der Waals surface area contributed by atoms with Crippen LogP contribution in [-0.2, 0) is 4.79 Å².